The van der Waals surface area contributed by atoms with Crippen LogP contribution in [0.4, 0.5) is 0 Å². The molecule has 2 aromatic carbocycles. The van der Waals surface area contributed by atoms with Crippen LogP contribution in [0.3, 0.4) is 0 Å². The van der Waals surface area contributed by atoms with Crippen molar-refractivity contribution in [3.05, 3.63) is 83.2 Å². The molecule has 166 valence electrons. The molecule has 2 rings (SSSR count). The number of allylic oxidation sites excluding steroid dienone is 2. The summed E-state index contributed by atoms with van der Waals surface area (Å²) in [6.45, 7) is 23.9. The molecule has 0 heterocycles. The smallest absolute Gasteiger partial charge is 0.00101 e. The van der Waals surface area contributed by atoms with Gasteiger partial charge in [-0.2, -0.15) is 11.1 Å². The van der Waals surface area contributed by atoms with E-state index in [4.69, 9.17) is 0 Å². The summed E-state index contributed by atoms with van der Waals surface area (Å²) >= 11 is 0. The second-order valence-corrected chi connectivity index (χ2v) is 21.5. The molecule has 0 saturated heterocycles. The van der Waals surface area contributed by atoms with Crippen LogP contribution in [0.1, 0.15) is 52.7 Å². The topological polar surface area (TPSA) is 0 Å². The summed E-state index contributed by atoms with van der Waals surface area (Å²) in [5.41, 5.74) is 13.2. The molecule has 0 atom stereocenters. The Bertz CT molecular complexity index is 816. The quantitative estimate of drug-likeness (QED) is 0.180. The third-order valence-electron chi connectivity index (χ3n) is 7.00. The average Bonchev–Trinajstić information content (AvgIpc) is 2.64. The van der Waals surface area contributed by atoms with E-state index in [2.05, 4.69) is 140 Å². The van der Waals surface area contributed by atoms with E-state index in [0.717, 1.165) is 0 Å². The molecule has 0 nitrogen and oxygen atoms in total. The molecule has 0 unspecified atom stereocenters. The molecule has 0 radical (unpaired) electrons. The third kappa shape index (κ3) is 7.10. The first-order valence-corrected chi connectivity index (χ1v) is 17.1. The first-order chi connectivity index (χ1) is 13.7. The molecule has 0 aliphatic rings. The van der Waals surface area contributed by atoms with Gasteiger partial charge in [0.1, 0.15) is 0 Å². The van der Waals surface area contributed by atoms with Crippen LogP contribution in [0.15, 0.2) is 60.7 Å². The predicted octanol–water partition coefficient (Wildman–Crippen LogP) is 8.85. The van der Waals surface area contributed by atoms with E-state index < -0.39 is 16.1 Å². The van der Waals surface area contributed by atoms with Crippen LogP contribution in [0, 0.1) is 11.4 Å². The van der Waals surface area contributed by atoms with E-state index in [1.54, 1.807) is 0 Å². The van der Waals surface area contributed by atoms with Gasteiger partial charge >= 0.3 is 0 Å². The standard InChI is InChI=1S/C28H40Si2.Hf/c1-27(2,3)29(7,8)21-25(23-17-13-11-14-18-23)26(24-19-15-12-16-20-24)22-30(9,10)28(4,5)6;/h11-20H,1-10H3;/q-2;. The normalized spacial score (nSPS) is 14.3. The van der Waals surface area contributed by atoms with E-state index in [0.29, 0.717) is 0 Å². The third-order valence-corrected chi connectivity index (χ3v) is 16.2. The maximum absolute atomic E-state index is 4.10. The molecule has 0 spiro atoms. The van der Waals surface area contributed by atoms with Crippen molar-refractivity contribution in [3.63, 3.8) is 0 Å². The summed E-state index contributed by atoms with van der Waals surface area (Å²) in [5.74, 6) is 0. The molecule has 0 bridgehead atoms. The van der Waals surface area contributed by atoms with Crippen molar-refractivity contribution in [3.8, 4) is 0 Å². The van der Waals surface area contributed by atoms with Gasteiger partial charge in [0, 0.05) is 42.0 Å². The number of rotatable bonds is 5. The van der Waals surface area contributed by atoms with Crippen molar-refractivity contribution in [1.29, 1.82) is 0 Å². The van der Waals surface area contributed by atoms with Gasteiger partial charge in [-0.3, -0.25) is 22.5 Å². The fourth-order valence-corrected chi connectivity index (χ4v) is 5.31. The molecule has 3 heteroatoms. The Balaban J connectivity index is 0.00000480. The van der Waals surface area contributed by atoms with Gasteiger partial charge in [0.15, 0.2) is 0 Å². The second kappa shape index (κ2) is 10.4. The van der Waals surface area contributed by atoms with Gasteiger partial charge in [-0.15, -0.1) is 24.3 Å². The van der Waals surface area contributed by atoms with E-state index >= 15 is 0 Å². The molecule has 0 fully saturated rings. The number of hydrogen-bond donors (Lipinski definition) is 0. The summed E-state index contributed by atoms with van der Waals surface area (Å²) in [6, 6.07) is 21.6. The minimum atomic E-state index is -1.80. The Labute approximate surface area is 213 Å². The Morgan fingerprint density at radius 1 is 0.548 bits per heavy atom. The Kier molecular flexibility index (Phi) is 9.52. The maximum Gasteiger partial charge on any atom is 0.00101 e. The SMILES string of the molecule is CC(C)(C)[Si](C)(C)[C-]=C(C(=[C-][Si](C)(C)C(C)(C)C)c1ccccc1)c1ccccc1.[Hf]. The monoisotopic (exact) mass is 612 g/mol. The molecule has 2 aromatic rings. The molecular weight excluding hydrogens is 571 g/mol. The van der Waals surface area contributed by atoms with Crippen molar-refractivity contribution in [2.45, 2.75) is 77.8 Å². The fourth-order valence-electron chi connectivity index (χ4n) is 2.77. The van der Waals surface area contributed by atoms with Gasteiger partial charge in [0.2, 0.25) is 0 Å². The van der Waals surface area contributed by atoms with Gasteiger partial charge in [0.05, 0.1) is 0 Å². The summed E-state index contributed by atoms with van der Waals surface area (Å²) < 4.78 is 0. The molecule has 31 heavy (non-hydrogen) atoms. The zero-order valence-electron chi connectivity index (χ0n) is 21.3. The van der Waals surface area contributed by atoms with E-state index in [1.165, 1.54) is 22.3 Å². The zero-order valence-corrected chi connectivity index (χ0v) is 26.9. The summed E-state index contributed by atoms with van der Waals surface area (Å²) in [7, 11) is -3.60. The molecule has 0 amide bonds. The summed E-state index contributed by atoms with van der Waals surface area (Å²) in [4.78, 5) is 0. The van der Waals surface area contributed by atoms with Gasteiger partial charge in [-0.1, -0.05) is 114 Å². The predicted molar refractivity (Wildman–Crippen MR) is 141 cm³/mol. The van der Waals surface area contributed by atoms with Crippen molar-refractivity contribution in [1.82, 2.24) is 0 Å². The minimum Gasteiger partial charge on any atom is -0.297 e. The summed E-state index contributed by atoms with van der Waals surface area (Å²) in [6.07, 6.45) is 0. The summed E-state index contributed by atoms with van der Waals surface area (Å²) in [5, 5.41) is 0.456. The maximum atomic E-state index is 4.10. The zero-order chi connectivity index (χ0) is 22.8. The van der Waals surface area contributed by atoms with Crippen LogP contribution in [0.5, 0.6) is 0 Å². The number of hydrogen-bond acceptors (Lipinski definition) is 0. The van der Waals surface area contributed by atoms with Crippen molar-refractivity contribution < 1.29 is 25.8 Å². The van der Waals surface area contributed by atoms with E-state index in [-0.39, 0.29) is 35.9 Å². The van der Waals surface area contributed by atoms with Gasteiger partial charge < -0.3 is 0 Å². The largest absolute Gasteiger partial charge is 0.297 e. The van der Waals surface area contributed by atoms with Gasteiger partial charge in [-0.05, 0) is 0 Å². The van der Waals surface area contributed by atoms with Crippen LogP contribution in [0.2, 0.25) is 36.3 Å². The van der Waals surface area contributed by atoms with Crippen molar-refractivity contribution >= 4 is 27.3 Å². The van der Waals surface area contributed by atoms with Crippen LogP contribution in [0.25, 0.3) is 11.1 Å². The minimum absolute atomic E-state index is 0. The Hall–Kier alpha value is -0.776. The molecule has 0 saturated carbocycles. The first-order valence-electron chi connectivity index (χ1n) is 11.1. The van der Waals surface area contributed by atoms with Gasteiger partial charge in [-0.25, -0.2) is 0 Å². The molecule has 0 aliphatic heterocycles. The molecule has 0 aliphatic carbocycles. The Morgan fingerprint density at radius 2 is 0.806 bits per heavy atom. The van der Waals surface area contributed by atoms with Crippen LogP contribution >= 0.6 is 0 Å². The number of benzene rings is 2. The van der Waals surface area contributed by atoms with Crippen LogP contribution in [-0.4, -0.2) is 16.1 Å². The molecular formula is C28H40HfSi2-2. The van der Waals surface area contributed by atoms with Gasteiger partial charge in [0.25, 0.3) is 0 Å². The Morgan fingerprint density at radius 3 is 1.03 bits per heavy atom. The second-order valence-electron chi connectivity index (χ2n) is 11.5. The van der Waals surface area contributed by atoms with Crippen LogP contribution < -0.4 is 0 Å². The van der Waals surface area contributed by atoms with Crippen molar-refractivity contribution in [2.75, 3.05) is 0 Å². The first kappa shape index (κ1) is 28.3. The van der Waals surface area contributed by atoms with E-state index in [1.807, 2.05) is 0 Å². The fraction of sp³-hybridized carbons (Fsp3) is 0.429. The average molecular weight is 611 g/mol. The van der Waals surface area contributed by atoms with Crippen molar-refractivity contribution in [2.24, 2.45) is 0 Å². The molecule has 0 N–H and O–H groups in total. The molecule has 0 aromatic heterocycles. The van der Waals surface area contributed by atoms with E-state index in [9.17, 15) is 0 Å². The van der Waals surface area contributed by atoms with Crippen LogP contribution in [-0.2, 0) is 25.8 Å².